The molecule has 1 amide bonds. The third kappa shape index (κ3) is 10.8. The molecule has 13 nitrogen and oxygen atoms in total. The van der Waals surface area contributed by atoms with E-state index in [9.17, 15) is 34.2 Å². The van der Waals surface area contributed by atoms with E-state index in [-0.39, 0.29) is 53.6 Å². The van der Waals surface area contributed by atoms with Crippen molar-refractivity contribution in [3.63, 3.8) is 0 Å². The van der Waals surface area contributed by atoms with Crippen LogP contribution in [0.25, 0.3) is 16.9 Å². The Kier molecular flexibility index (Phi) is 13.4. The predicted molar refractivity (Wildman–Crippen MR) is 144 cm³/mol. The molecule has 1 heterocycles. The number of carboxylic acid groups (broad SMARTS) is 2. The summed E-state index contributed by atoms with van der Waals surface area (Å²) in [5, 5.41) is 38.2. The van der Waals surface area contributed by atoms with Crippen LogP contribution >= 0.6 is 0 Å². The number of nitrogens with two attached hydrogens (primary N) is 1. The number of esters is 1. The van der Waals surface area contributed by atoms with Crippen LogP contribution in [0.15, 0.2) is 57.7 Å². The van der Waals surface area contributed by atoms with Crippen LogP contribution in [-0.2, 0) is 19.2 Å². The molecular formula is C27H32N2O11. The van der Waals surface area contributed by atoms with Gasteiger partial charge in [-0.2, -0.15) is 0 Å². The molecule has 0 spiro atoms. The van der Waals surface area contributed by atoms with Gasteiger partial charge >= 0.3 is 17.9 Å². The van der Waals surface area contributed by atoms with Gasteiger partial charge in [-0.1, -0.05) is 19.1 Å². The van der Waals surface area contributed by atoms with Crippen LogP contribution in [0.5, 0.6) is 5.75 Å². The number of rotatable bonds is 11. The smallest absolute Gasteiger partial charge is 0.322 e. The average Bonchev–Trinajstić information content (AvgIpc) is 2.91. The average molecular weight is 561 g/mol. The summed E-state index contributed by atoms with van der Waals surface area (Å²) in [6.45, 7) is 4.32. The normalized spacial score (nSPS) is 12.0. The fraction of sp³-hybridized carbons (Fsp3) is 0.296. The molecular weight excluding hydrogens is 528 g/mol. The Labute approximate surface area is 229 Å². The van der Waals surface area contributed by atoms with E-state index >= 15 is 0 Å². The predicted octanol–water partition coefficient (Wildman–Crippen LogP) is 2.67. The van der Waals surface area contributed by atoms with Crippen LogP contribution in [0.1, 0.15) is 44.4 Å². The molecule has 1 atom stereocenters. The highest BCUT2D eigenvalue weighted by Gasteiger charge is 2.17. The Balaban J connectivity index is 0.000000486. The summed E-state index contributed by atoms with van der Waals surface area (Å²) in [6.07, 6.45) is 3.79. The van der Waals surface area contributed by atoms with E-state index in [2.05, 4.69) is 0 Å². The number of aryl methyl sites for hydroxylation is 1. The second-order valence-electron chi connectivity index (χ2n) is 8.16. The zero-order valence-electron chi connectivity index (χ0n) is 22.2. The van der Waals surface area contributed by atoms with E-state index in [4.69, 9.17) is 25.1 Å². The number of aliphatic hydroxyl groups is 2. The molecule has 2 rings (SSSR count). The maximum absolute atomic E-state index is 12.8. The molecule has 0 saturated heterocycles. The summed E-state index contributed by atoms with van der Waals surface area (Å²) < 4.78 is 10.5. The molecule has 0 aliphatic carbocycles. The summed E-state index contributed by atoms with van der Waals surface area (Å²) in [6, 6.07) is 5.40. The van der Waals surface area contributed by atoms with E-state index < -0.39 is 35.9 Å². The molecule has 1 aromatic carbocycles. The maximum atomic E-state index is 12.8. The number of carboxylic acids is 2. The summed E-state index contributed by atoms with van der Waals surface area (Å²) in [5.74, 6) is -3.20. The lowest BCUT2D eigenvalue weighted by Gasteiger charge is -2.09. The molecule has 0 saturated carbocycles. The largest absolute Gasteiger partial charge is 0.508 e. The molecule has 0 aliphatic heterocycles. The number of nitrogens with one attached hydrogen (secondary N) is 1. The van der Waals surface area contributed by atoms with Crippen molar-refractivity contribution in [1.29, 1.82) is 0 Å². The minimum Gasteiger partial charge on any atom is -0.508 e. The number of aliphatic hydroxyl groups excluding tert-OH is 2. The first-order valence-electron chi connectivity index (χ1n) is 12.0. The number of aliphatic carboxylic acids is 2. The molecule has 2 aromatic rings. The van der Waals surface area contributed by atoms with Gasteiger partial charge in [0.15, 0.2) is 0 Å². The van der Waals surface area contributed by atoms with Gasteiger partial charge in [0.25, 0.3) is 0 Å². The van der Waals surface area contributed by atoms with Gasteiger partial charge in [0, 0.05) is 18.9 Å². The van der Waals surface area contributed by atoms with Gasteiger partial charge in [-0.05, 0) is 44.0 Å². The van der Waals surface area contributed by atoms with Crippen LogP contribution in [0.3, 0.4) is 0 Å². The van der Waals surface area contributed by atoms with Crippen LogP contribution in [-0.4, -0.2) is 56.8 Å². The quantitative estimate of drug-likeness (QED) is 0.101. The second-order valence-corrected chi connectivity index (χ2v) is 8.16. The summed E-state index contributed by atoms with van der Waals surface area (Å²) in [5.41, 5.74) is 5.59. The van der Waals surface area contributed by atoms with Crippen molar-refractivity contribution in [1.82, 2.24) is 5.32 Å². The first-order valence-corrected chi connectivity index (χ1v) is 12.0. The lowest BCUT2D eigenvalue weighted by atomic mass is 10.0. The van der Waals surface area contributed by atoms with Gasteiger partial charge < -0.3 is 40.6 Å². The summed E-state index contributed by atoms with van der Waals surface area (Å²) in [7, 11) is 0. The van der Waals surface area contributed by atoms with Gasteiger partial charge in [0.1, 0.15) is 41.4 Å². The van der Waals surface area contributed by atoms with E-state index in [1.165, 1.54) is 12.3 Å². The van der Waals surface area contributed by atoms with Crippen LogP contribution in [0.2, 0.25) is 0 Å². The third-order valence-corrected chi connectivity index (χ3v) is 5.12. The van der Waals surface area contributed by atoms with Crippen LogP contribution < -0.4 is 21.2 Å². The second kappa shape index (κ2) is 16.1. The Morgan fingerprint density at radius 3 is 2.23 bits per heavy atom. The van der Waals surface area contributed by atoms with E-state index in [1.54, 1.807) is 45.0 Å². The Morgan fingerprint density at radius 2 is 1.70 bits per heavy atom. The highest BCUT2D eigenvalue weighted by atomic mass is 16.5. The lowest BCUT2D eigenvalue weighted by Crippen LogP contribution is -2.42. The van der Waals surface area contributed by atoms with E-state index in [1.807, 2.05) is 5.32 Å². The summed E-state index contributed by atoms with van der Waals surface area (Å²) in [4.78, 5) is 55.2. The van der Waals surface area contributed by atoms with Gasteiger partial charge in [-0.25, -0.2) is 0 Å². The standard InChI is InChI=1S/C20H20O6.C7H12N2O5/c1-4-14(21)10-17(22)19-12(3)25-11-16(20(19)24)13-6-8-15(9-7-13)26-18(23)5-2;8-4(1-2-5(10)11)7(14)9-3-6(12)13/h4,6-11,21-22H,5H2,1-3H3;4H,1-3,8H2,(H,9,14)(H,10,11)(H,12,13)/b14-4+,17-10+;. The minimum absolute atomic E-state index is 0.0131. The third-order valence-electron chi connectivity index (χ3n) is 5.12. The molecule has 13 heteroatoms. The van der Waals surface area contributed by atoms with Crippen LogP contribution in [0, 0.1) is 6.92 Å². The van der Waals surface area contributed by atoms with Gasteiger partial charge in [-0.15, -0.1) is 0 Å². The van der Waals surface area contributed by atoms with Crippen molar-refractivity contribution < 1.29 is 48.8 Å². The summed E-state index contributed by atoms with van der Waals surface area (Å²) >= 11 is 0. The van der Waals surface area contributed by atoms with E-state index in [0.717, 1.165) is 6.08 Å². The topological polar surface area (TPSA) is 227 Å². The zero-order chi connectivity index (χ0) is 30.4. The highest BCUT2D eigenvalue weighted by molar-refractivity contribution is 5.85. The number of carbonyl (C=O) groups excluding carboxylic acids is 2. The van der Waals surface area contributed by atoms with Crippen LogP contribution in [0.4, 0.5) is 0 Å². The van der Waals surface area contributed by atoms with Crippen molar-refractivity contribution in [2.75, 3.05) is 6.54 Å². The van der Waals surface area contributed by atoms with Crippen molar-refractivity contribution in [3.05, 3.63) is 70.0 Å². The van der Waals surface area contributed by atoms with Crippen molar-refractivity contribution in [2.24, 2.45) is 5.73 Å². The molecule has 1 aromatic heterocycles. The molecule has 0 fully saturated rings. The number of hydrogen-bond donors (Lipinski definition) is 6. The number of carbonyl (C=O) groups is 4. The molecule has 0 aliphatic rings. The van der Waals surface area contributed by atoms with Gasteiger partial charge in [0.2, 0.25) is 11.3 Å². The lowest BCUT2D eigenvalue weighted by molar-refractivity contribution is -0.139. The number of hydrogen-bond acceptors (Lipinski definition) is 10. The molecule has 7 N–H and O–H groups in total. The Bertz CT molecular complexity index is 1320. The molecule has 1 unspecified atom stereocenters. The number of ether oxygens (including phenoxy) is 1. The van der Waals surface area contributed by atoms with Gasteiger partial charge in [0.05, 0.1) is 11.6 Å². The first kappa shape index (κ1) is 33.1. The molecule has 0 bridgehead atoms. The maximum Gasteiger partial charge on any atom is 0.322 e. The Morgan fingerprint density at radius 1 is 1.07 bits per heavy atom. The molecule has 216 valence electrons. The number of benzene rings is 1. The highest BCUT2D eigenvalue weighted by Crippen LogP contribution is 2.23. The SMILES string of the molecule is C/C=C(O)\C=C(\O)c1c(C)occ(-c2ccc(OC(=O)CC)cc2)c1=O.NC(CCC(=O)O)C(=O)NCC(=O)O. The molecule has 0 radical (unpaired) electrons. The van der Waals surface area contributed by atoms with Crippen molar-refractivity contribution in [2.45, 2.75) is 46.1 Å². The Hall–Kier alpha value is -4.91. The first-order chi connectivity index (χ1) is 18.8. The monoisotopic (exact) mass is 560 g/mol. The van der Waals surface area contributed by atoms with Crippen molar-refractivity contribution >= 4 is 29.6 Å². The number of amides is 1. The number of allylic oxidation sites excluding steroid dienone is 2. The minimum atomic E-state index is -1.18. The fourth-order valence-corrected chi connectivity index (χ4v) is 2.96. The fourth-order valence-electron chi connectivity index (χ4n) is 2.96. The molecule has 40 heavy (non-hydrogen) atoms. The van der Waals surface area contributed by atoms with Gasteiger partial charge in [-0.3, -0.25) is 24.0 Å². The van der Waals surface area contributed by atoms with Crippen molar-refractivity contribution in [3.8, 4) is 16.9 Å². The zero-order valence-corrected chi connectivity index (χ0v) is 22.2. The van der Waals surface area contributed by atoms with E-state index in [0.29, 0.717) is 11.3 Å².